The number of rotatable bonds is 4. The predicted octanol–water partition coefficient (Wildman–Crippen LogP) is 2.62. The van der Waals surface area contributed by atoms with Crippen molar-refractivity contribution in [1.82, 2.24) is 5.32 Å². The first kappa shape index (κ1) is 15.1. The van der Waals surface area contributed by atoms with Crippen LogP contribution in [0.2, 0.25) is 0 Å². The van der Waals surface area contributed by atoms with Crippen LogP contribution < -0.4 is 10.2 Å². The molecule has 0 aliphatic carbocycles. The van der Waals surface area contributed by atoms with E-state index in [1.165, 1.54) is 5.56 Å². The minimum absolute atomic E-state index is 0.160. The van der Waals surface area contributed by atoms with Crippen LogP contribution in [0.5, 0.6) is 0 Å². The predicted molar refractivity (Wildman–Crippen MR) is 83.7 cm³/mol. The topological polar surface area (TPSA) is 56.1 Å². The molecule has 1 aliphatic heterocycles. The van der Waals surface area contributed by atoms with Gasteiger partial charge in [0.15, 0.2) is 0 Å². The third-order valence-corrected chi connectivity index (χ3v) is 3.47. The van der Waals surface area contributed by atoms with Gasteiger partial charge < -0.3 is 10.2 Å². The lowest BCUT2D eigenvalue weighted by molar-refractivity contribution is -0.117. The summed E-state index contributed by atoms with van der Waals surface area (Å²) >= 11 is 0. The molecule has 1 amide bonds. The van der Waals surface area contributed by atoms with Crippen LogP contribution in [-0.2, 0) is 11.2 Å². The standard InChI is InChI=1S/C17H21N3O/c1-13(2)11-19-17(21)15(10-18)12-20-9-5-7-14-6-3-4-8-16(14)20/h3-4,6,8,12-13H,5,7,9,11H2,1-2H3,(H,19,21)/b15-12-. The van der Waals surface area contributed by atoms with Gasteiger partial charge in [-0.3, -0.25) is 4.79 Å². The maximum Gasteiger partial charge on any atom is 0.263 e. The molecule has 4 heteroatoms. The Hall–Kier alpha value is -2.28. The van der Waals surface area contributed by atoms with Crippen LogP contribution in [-0.4, -0.2) is 19.0 Å². The number of benzene rings is 1. The van der Waals surface area contributed by atoms with Gasteiger partial charge in [-0.25, -0.2) is 0 Å². The summed E-state index contributed by atoms with van der Waals surface area (Å²) in [5, 5.41) is 12.0. The Morgan fingerprint density at radius 3 is 2.95 bits per heavy atom. The van der Waals surface area contributed by atoms with E-state index < -0.39 is 0 Å². The highest BCUT2D eigenvalue weighted by molar-refractivity contribution is 5.97. The fourth-order valence-electron chi connectivity index (χ4n) is 2.38. The van der Waals surface area contributed by atoms with Gasteiger partial charge >= 0.3 is 0 Å². The van der Waals surface area contributed by atoms with Gasteiger partial charge in [-0.2, -0.15) is 5.26 Å². The van der Waals surface area contributed by atoms with E-state index in [1.807, 2.05) is 43.0 Å². The number of nitriles is 1. The lowest BCUT2D eigenvalue weighted by Crippen LogP contribution is -2.31. The molecule has 21 heavy (non-hydrogen) atoms. The molecule has 1 aromatic carbocycles. The van der Waals surface area contributed by atoms with E-state index in [2.05, 4.69) is 11.4 Å². The SMILES string of the molecule is CC(C)CNC(=O)/C(C#N)=C\N1CCCc2ccccc21. The molecule has 0 fully saturated rings. The zero-order chi connectivity index (χ0) is 15.2. The maximum atomic E-state index is 12.0. The molecule has 1 aliphatic rings. The van der Waals surface area contributed by atoms with Crippen molar-refractivity contribution in [3.8, 4) is 6.07 Å². The highest BCUT2D eigenvalue weighted by atomic mass is 16.1. The largest absolute Gasteiger partial charge is 0.351 e. The van der Waals surface area contributed by atoms with Crippen molar-refractivity contribution in [3.63, 3.8) is 0 Å². The summed E-state index contributed by atoms with van der Waals surface area (Å²) in [6.45, 7) is 5.46. The second kappa shape index (κ2) is 6.94. The van der Waals surface area contributed by atoms with Gasteiger partial charge in [-0.15, -0.1) is 0 Å². The lowest BCUT2D eigenvalue weighted by Gasteiger charge is -2.28. The fraction of sp³-hybridized carbons (Fsp3) is 0.412. The van der Waals surface area contributed by atoms with Gasteiger partial charge in [-0.1, -0.05) is 32.0 Å². The average molecular weight is 283 g/mol. The molecule has 1 heterocycles. The zero-order valence-corrected chi connectivity index (χ0v) is 12.6. The summed E-state index contributed by atoms with van der Waals surface area (Å²) in [5.74, 6) is 0.0684. The van der Waals surface area contributed by atoms with Gasteiger partial charge in [0, 0.05) is 25.0 Å². The van der Waals surface area contributed by atoms with Crippen LogP contribution in [0.4, 0.5) is 5.69 Å². The monoisotopic (exact) mass is 283 g/mol. The van der Waals surface area contributed by atoms with Crippen LogP contribution in [0.15, 0.2) is 36.0 Å². The van der Waals surface area contributed by atoms with Crippen LogP contribution in [0.25, 0.3) is 0 Å². The highest BCUT2D eigenvalue weighted by Gasteiger charge is 2.17. The normalized spacial score (nSPS) is 14.6. The van der Waals surface area contributed by atoms with E-state index in [-0.39, 0.29) is 11.5 Å². The summed E-state index contributed by atoms with van der Waals surface area (Å²) in [7, 11) is 0. The highest BCUT2D eigenvalue weighted by Crippen LogP contribution is 2.27. The minimum atomic E-state index is -0.297. The van der Waals surface area contributed by atoms with E-state index >= 15 is 0 Å². The molecule has 0 unspecified atom stereocenters. The number of para-hydroxylation sites is 1. The third-order valence-electron chi connectivity index (χ3n) is 3.47. The molecule has 1 aromatic rings. The quantitative estimate of drug-likeness (QED) is 0.682. The smallest absolute Gasteiger partial charge is 0.263 e. The molecule has 0 saturated carbocycles. The molecule has 0 atom stereocenters. The molecule has 0 bridgehead atoms. The molecule has 4 nitrogen and oxygen atoms in total. The second-order valence-electron chi connectivity index (χ2n) is 5.68. The number of fused-ring (bicyclic) bond motifs is 1. The van der Waals surface area contributed by atoms with Crippen molar-refractivity contribution >= 4 is 11.6 Å². The molecule has 0 radical (unpaired) electrons. The number of aryl methyl sites for hydroxylation is 1. The molecule has 110 valence electrons. The van der Waals surface area contributed by atoms with E-state index in [0.717, 1.165) is 25.1 Å². The maximum absolute atomic E-state index is 12.0. The molecule has 2 rings (SSSR count). The Morgan fingerprint density at radius 2 is 2.24 bits per heavy atom. The van der Waals surface area contributed by atoms with Crippen molar-refractivity contribution < 1.29 is 4.79 Å². The summed E-state index contributed by atoms with van der Waals surface area (Å²) < 4.78 is 0. The van der Waals surface area contributed by atoms with Crippen molar-refractivity contribution in [2.75, 3.05) is 18.0 Å². The number of carbonyl (C=O) groups excluding carboxylic acids is 1. The lowest BCUT2D eigenvalue weighted by atomic mass is 10.0. The molecule has 0 aromatic heterocycles. The van der Waals surface area contributed by atoms with Gasteiger partial charge in [0.1, 0.15) is 11.6 Å². The molecule has 0 saturated heterocycles. The van der Waals surface area contributed by atoms with Crippen LogP contribution in [0.1, 0.15) is 25.8 Å². The Labute approximate surface area is 126 Å². The number of carbonyl (C=O) groups is 1. The first-order valence-electron chi connectivity index (χ1n) is 7.36. The third kappa shape index (κ3) is 3.85. The number of anilines is 1. The van der Waals surface area contributed by atoms with Crippen LogP contribution in [0.3, 0.4) is 0 Å². The van der Waals surface area contributed by atoms with E-state index in [0.29, 0.717) is 12.5 Å². The summed E-state index contributed by atoms with van der Waals surface area (Å²) in [5.41, 5.74) is 2.51. The molecule has 1 N–H and O–H groups in total. The van der Waals surface area contributed by atoms with Gasteiger partial charge in [-0.05, 0) is 30.4 Å². The molecular weight excluding hydrogens is 262 g/mol. The zero-order valence-electron chi connectivity index (χ0n) is 12.6. The van der Waals surface area contributed by atoms with E-state index in [4.69, 9.17) is 0 Å². The van der Waals surface area contributed by atoms with Crippen molar-refractivity contribution in [2.24, 2.45) is 5.92 Å². The average Bonchev–Trinajstić information content (AvgIpc) is 2.50. The van der Waals surface area contributed by atoms with Gasteiger partial charge in [0.05, 0.1) is 0 Å². The second-order valence-corrected chi connectivity index (χ2v) is 5.68. The number of nitrogens with zero attached hydrogens (tertiary/aromatic N) is 2. The van der Waals surface area contributed by atoms with Crippen LogP contribution >= 0.6 is 0 Å². The van der Waals surface area contributed by atoms with Gasteiger partial charge in [0.25, 0.3) is 5.91 Å². The first-order chi connectivity index (χ1) is 10.1. The van der Waals surface area contributed by atoms with Gasteiger partial charge in [0.2, 0.25) is 0 Å². The van der Waals surface area contributed by atoms with Crippen molar-refractivity contribution in [3.05, 3.63) is 41.6 Å². The number of nitrogens with one attached hydrogen (secondary N) is 1. The molecular formula is C17H21N3O. The number of hydrogen-bond acceptors (Lipinski definition) is 3. The molecule has 0 spiro atoms. The fourth-order valence-corrected chi connectivity index (χ4v) is 2.38. The summed E-state index contributed by atoms with van der Waals surface area (Å²) in [4.78, 5) is 14.0. The first-order valence-corrected chi connectivity index (χ1v) is 7.36. The van der Waals surface area contributed by atoms with E-state index in [9.17, 15) is 10.1 Å². The van der Waals surface area contributed by atoms with E-state index in [1.54, 1.807) is 6.20 Å². The summed E-state index contributed by atoms with van der Waals surface area (Å²) in [6.07, 6.45) is 3.75. The Morgan fingerprint density at radius 1 is 1.48 bits per heavy atom. The van der Waals surface area contributed by atoms with Crippen LogP contribution in [0, 0.1) is 17.2 Å². The van der Waals surface area contributed by atoms with Crippen molar-refractivity contribution in [2.45, 2.75) is 26.7 Å². The minimum Gasteiger partial charge on any atom is -0.351 e. The van der Waals surface area contributed by atoms with Crippen molar-refractivity contribution in [1.29, 1.82) is 5.26 Å². The Bertz CT molecular complexity index is 584. The number of amides is 1. The Kier molecular flexibility index (Phi) is 4.99. The Balaban J connectivity index is 2.18. The summed E-state index contributed by atoms with van der Waals surface area (Å²) in [6, 6.07) is 10.1. The number of hydrogen-bond donors (Lipinski definition) is 1.